The Bertz CT molecular complexity index is 1200. The number of rotatable bonds is 12. The minimum Gasteiger partial charge on any atom is -0.460 e. The lowest BCUT2D eigenvalue weighted by Gasteiger charge is -2.22. The van der Waals surface area contributed by atoms with Crippen molar-refractivity contribution in [3.8, 4) is 0 Å². The summed E-state index contributed by atoms with van der Waals surface area (Å²) in [5.41, 5.74) is 1.27. The maximum absolute atomic E-state index is 13.0. The molecule has 1 N–H and O–H groups in total. The molecule has 2 fully saturated rings. The lowest BCUT2D eigenvalue weighted by Crippen LogP contribution is -2.35. The number of esters is 1. The van der Waals surface area contributed by atoms with Crippen LogP contribution in [0.15, 0.2) is 73.9 Å². The number of nitrogens with zero attached hydrogens (tertiary/aromatic N) is 1. The van der Waals surface area contributed by atoms with Crippen LogP contribution in [0.3, 0.4) is 0 Å². The first-order valence-corrected chi connectivity index (χ1v) is 14.3. The topological polar surface area (TPSA) is 102 Å². The van der Waals surface area contributed by atoms with Crippen LogP contribution >= 0.6 is 0 Å². The minimum atomic E-state index is -0.546. The molecule has 0 saturated heterocycles. The molecule has 0 bridgehead atoms. The molecule has 0 aromatic heterocycles. The van der Waals surface area contributed by atoms with Gasteiger partial charge in [-0.3, -0.25) is 14.5 Å². The molecule has 0 spiro atoms. The van der Waals surface area contributed by atoms with Gasteiger partial charge in [-0.15, -0.1) is 13.2 Å². The number of ether oxygens (including phenoxy) is 2. The molecule has 1 aromatic rings. The summed E-state index contributed by atoms with van der Waals surface area (Å²) >= 11 is 0. The summed E-state index contributed by atoms with van der Waals surface area (Å²) in [5, 5.41) is 2.60. The number of carbonyl (C=O) groups excluding carboxylic acids is 4. The van der Waals surface area contributed by atoms with E-state index in [0.717, 1.165) is 25.7 Å². The van der Waals surface area contributed by atoms with E-state index < -0.39 is 12.1 Å². The van der Waals surface area contributed by atoms with Gasteiger partial charge in [0.1, 0.15) is 6.61 Å². The Morgan fingerprint density at radius 1 is 0.927 bits per heavy atom. The summed E-state index contributed by atoms with van der Waals surface area (Å²) in [6.07, 6.45) is 11.5. The highest BCUT2D eigenvalue weighted by Crippen LogP contribution is 2.42. The Hall–Kier alpha value is -3.94. The predicted molar refractivity (Wildman–Crippen MR) is 156 cm³/mol. The van der Waals surface area contributed by atoms with E-state index in [1.807, 2.05) is 12.2 Å². The van der Waals surface area contributed by atoms with Crippen LogP contribution in [0, 0.1) is 35.5 Å². The van der Waals surface area contributed by atoms with E-state index in [1.165, 1.54) is 4.90 Å². The number of carbonyl (C=O) groups is 4. The molecule has 8 nitrogen and oxygen atoms in total. The fourth-order valence-electron chi connectivity index (χ4n) is 6.27. The van der Waals surface area contributed by atoms with E-state index in [-0.39, 0.29) is 55.2 Å². The molecule has 3 aliphatic rings. The van der Waals surface area contributed by atoms with Gasteiger partial charge in [-0.25, -0.2) is 9.59 Å². The van der Waals surface area contributed by atoms with Gasteiger partial charge < -0.3 is 14.8 Å². The van der Waals surface area contributed by atoms with Gasteiger partial charge in [0.05, 0.1) is 24.3 Å². The molecule has 8 heteroatoms. The van der Waals surface area contributed by atoms with Crippen molar-refractivity contribution in [2.45, 2.75) is 32.6 Å². The van der Waals surface area contributed by atoms with E-state index >= 15 is 0 Å². The van der Waals surface area contributed by atoms with Crippen molar-refractivity contribution >= 4 is 23.9 Å². The zero-order valence-electron chi connectivity index (χ0n) is 23.8. The Morgan fingerprint density at radius 3 is 2.22 bits per heavy atom. The number of amides is 3. The van der Waals surface area contributed by atoms with Crippen LogP contribution in [0.1, 0.15) is 53.3 Å². The summed E-state index contributed by atoms with van der Waals surface area (Å²) in [6.45, 7) is 14.0. The molecule has 218 valence electrons. The molecule has 2 aliphatic carbocycles. The van der Waals surface area contributed by atoms with Gasteiger partial charge in [0, 0.05) is 18.0 Å². The Kier molecular flexibility index (Phi) is 9.97. The van der Waals surface area contributed by atoms with Gasteiger partial charge in [-0.1, -0.05) is 43.0 Å². The number of hydrogen-bond acceptors (Lipinski definition) is 6. The van der Waals surface area contributed by atoms with E-state index in [9.17, 15) is 19.2 Å². The zero-order chi connectivity index (χ0) is 29.5. The van der Waals surface area contributed by atoms with Crippen molar-refractivity contribution in [2.75, 3.05) is 26.3 Å². The summed E-state index contributed by atoms with van der Waals surface area (Å²) < 4.78 is 10.4. The fraction of sp³-hybridized carbons (Fsp3) is 0.455. The summed E-state index contributed by atoms with van der Waals surface area (Å²) in [7, 11) is 0. The number of allylic oxidation sites excluding steroid dienone is 4. The fourth-order valence-corrected chi connectivity index (χ4v) is 6.27. The highest BCUT2D eigenvalue weighted by molar-refractivity contribution is 6.21. The van der Waals surface area contributed by atoms with Crippen LogP contribution in [0.5, 0.6) is 0 Å². The minimum absolute atomic E-state index is 0.0499. The van der Waals surface area contributed by atoms with Crippen LogP contribution in [-0.2, 0) is 14.3 Å². The Balaban J connectivity index is 1.28. The van der Waals surface area contributed by atoms with Crippen molar-refractivity contribution < 1.29 is 28.7 Å². The summed E-state index contributed by atoms with van der Waals surface area (Å²) in [6, 6.07) is 7.01. The van der Waals surface area contributed by atoms with Gasteiger partial charge in [0.25, 0.3) is 11.8 Å². The number of nitrogens with one attached hydrogen (secondary N) is 1. The highest BCUT2D eigenvalue weighted by atomic mass is 16.6. The zero-order valence-corrected chi connectivity index (χ0v) is 23.8. The van der Waals surface area contributed by atoms with E-state index in [2.05, 4.69) is 37.2 Å². The van der Waals surface area contributed by atoms with Gasteiger partial charge in [0.2, 0.25) is 0 Å². The number of imide groups is 1. The monoisotopic (exact) mass is 560 g/mol. The van der Waals surface area contributed by atoms with E-state index in [1.54, 1.807) is 31.2 Å². The molecule has 2 saturated carbocycles. The first-order valence-electron chi connectivity index (χ1n) is 14.3. The molecular formula is C33H40N2O6. The molecule has 6 unspecified atom stereocenters. The third-order valence-corrected chi connectivity index (χ3v) is 8.52. The predicted octanol–water partition coefficient (Wildman–Crippen LogP) is 5.34. The largest absolute Gasteiger partial charge is 0.460 e. The van der Waals surface area contributed by atoms with Crippen molar-refractivity contribution in [3.05, 3.63) is 85.0 Å². The molecule has 1 heterocycles. The average molecular weight is 561 g/mol. The molecule has 0 radical (unpaired) electrons. The van der Waals surface area contributed by atoms with E-state index in [0.29, 0.717) is 35.1 Å². The van der Waals surface area contributed by atoms with Gasteiger partial charge in [-0.2, -0.15) is 0 Å². The molecular weight excluding hydrogens is 520 g/mol. The molecule has 3 amide bonds. The van der Waals surface area contributed by atoms with Crippen LogP contribution < -0.4 is 5.32 Å². The van der Waals surface area contributed by atoms with Crippen molar-refractivity contribution in [2.24, 2.45) is 35.5 Å². The lowest BCUT2D eigenvalue weighted by molar-refractivity contribution is -0.138. The van der Waals surface area contributed by atoms with Gasteiger partial charge >= 0.3 is 12.1 Å². The van der Waals surface area contributed by atoms with E-state index in [4.69, 9.17) is 9.47 Å². The van der Waals surface area contributed by atoms with Crippen LogP contribution in [0.25, 0.3) is 0 Å². The molecule has 4 rings (SSSR count). The second-order valence-corrected chi connectivity index (χ2v) is 11.4. The standard InChI is InChI=1S/C33H40N2O6/c1-5-22-15-25(26(16-22)19-35-30(36)28-9-7-8-10-29(28)31(35)37)12-11-23-17-24(6-2)27(18-23)20-41-33(39)34-13-14-40-32(38)21(3)4/h5-12,22-27H,1-3,13-20H2,4H3,(H,34,39)/b12-11-. The second kappa shape index (κ2) is 13.6. The molecule has 6 atom stereocenters. The summed E-state index contributed by atoms with van der Waals surface area (Å²) in [5.74, 6) is 0.555. The molecule has 41 heavy (non-hydrogen) atoms. The number of fused-ring (bicyclic) bond motifs is 1. The summed E-state index contributed by atoms with van der Waals surface area (Å²) in [4.78, 5) is 50.8. The van der Waals surface area contributed by atoms with Crippen molar-refractivity contribution in [1.82, 2.24) is 10.2 Å². The van der Waals surface area contributed by atoms with Crippen molar-refractivity contribution in [3.63, 3.8) is 0 Å². The van der Waals surface area contributed by atoms with Crippen LogP contribution in [0.4, 0.5) is 4.79 Å². The molecule has 1 aliphatic heterocycles. The third-order valence-electron chi connectivity index (χ3n) is 8.52. The SMILES string of the molecule is C=CC1CC(/C=C\C2CC(C=C)C(COC(=O)NCCOC(=O)C(=C)C)C2)C(CN2C(=O)c3ccccc3C2=O)C1. The van der Waals surface area contributed by atoms with Gasteiger partial charge in [-0.05, 0) is 74.3 Å². The Labute approximate surface area is 242 Å². The third kappa shape index (κ3) is 7.23. The maximum atomic E-state index is 13.0. The average Bonchev–Trinajstić information content (AvgIpc) is 3.63. The highest BCUT2D eigenvalue weighted by Gasteiger charge is 2.40. The first kappa shape index (κ1) is 30.0. The van der Waals surface area contributed by atoms with Crippen molar-refractivity contribution in [1.29, 1.82) is 0 Å². The smallest absolute Gasteiger partial charge is 0.407 e. The maximum Gasteiger partial charge on any atom is 0.407 e. The van der Waals surface area contributed by atoms with Crippen LogP contribution in [-0.4, -0.2) is 55.1 Å². The number of alkyl carbamates (subject to hydrolysis) is 1. The molecule has 1 aromatic carbocycles. The first-order chi connectivity index (χ1) is 19.7. The Morgan fingerprint density at radius 2 is 1.59 bits per heavy atom. The van der Waals surface area contributed by atoms with Gasteiger partial charge in [0.15, 0.2) is 0 Å². The quantitative estimate of drug-likeness (QED) is 0.122. The number of benzene rings is 1. The second-order valence-electron chi connectivity index (χ2n) is 11.4. The van der Waals surface area contributed by atoms with Crippen LogP contribution in [0.2, 0.25) is 0 Å². The normalized spacial score (nSPS) is 27.1. The lowest BCUT2D eigenvalue weighted by atomic mass is 9.93. The number of hydrogen-bond donors (Lipinski definition) is 1.